The number of primary amides is 1. The predicted octanol–water partition coefficient (Wildman–Crippen LogP) is 1.08. The molecular formula is C10H15N3O2. The smallest absolute Gasteiger partial charge is 0.405 e. The van der Waals surface area contributed by atoms with Crippen LogP contribution in [0, 0.1) is 0 Å². The lowest BCUT2D eigenvalue weighted by molar-refractivity contribution is 0.0455. The van der Waals surface area contributed by atoms with Crippen LogP contribution in [-0.2, 0) is 11.2 Å². The number of carbonyl (C=O) groups is 1. The van der Waals surface area contributed by atoms with Crippen LogP contribution < -0.4 is 11.5 Å². The lowest BCUT2D eigenvalue weighted by Crippen LogP contribution is -2.33. The first-order chi connectivity index (χ1) is 6.91. The molecule has 0 fully saturated rings. The molecule has 1 aromatic heterocycles. The van der Waals surface area contributed by atoms with Gasteiger partial charge < -0.3 is 16.2 Å². The third-order valence-electron chi connectivity index (χ3n) is 1.90. The first-order valence-corrected chi connectivity index (χ1v) is 4.58. The van der Waals surface area contributed by atoms with Gasteiger partial charge in [0.1, 0.15) is 5.60 Å². The highest BCUT2D eigenvalue weighted by Crippen LogP contribution is 2.19. The maximum atomic E-state index is 10.6. The summed E-state index contributed by atoms with van der Waals surface area (Å²) in [6, 6.07) is 3.50. The van der Waals surface area contributed by atoms with E-state index in [4.69, 9.17) is 16.2 Å². The third-order valence-corrected chi connectivity index (χ3v) is 1.90. The van der Waals surface area contributed by atoms with Gasteiger partial charge in [-0.05, 0) is 26.0 Å². The number of nitrogens with zero attached hydrogens (tertiary/aromatic N) is 1. The highest BCUT2D eigenvalue weighted by atomic mass is 16.6. The zero-order chi connectivity index (χ0) is 11.5. The van der Waals surface area contributed by atoms with E-state index in [1.54, 1.807) is 32.2 Å². The van der Waals surface area contributed by atoms with Gasteiger partial charge >= 0.3 is 6.09 Å². The summed E-state index contributed by atoms with van der Waals surface area (Å²) in [5.41, 5.74) is 11.3. The van der Waals surface area contributed by atoms with Gasteiger partial charge in [-0.2, -0.15) is 0 Å². The van der Waals surface area contributed by atoms with E-state index in [2.05, 4.69) is 4.98 Å². The minimum Gasteiger partial charge on any atom is -0.443 e. The molecule has 1 aromatic rings. The summed E-state index contributed by atoms with van der Waals surface area (Å²) in [6.07, 6.45) is 1.28. The number of pyridine rings is 1. The molecule has 0 radical (unpaired) electrons. The highest BCUT2D eigenvalue weighted by Gasteiger charge is 2.23. The Bertz CT molecular complexity index is 363. The van der Waals surface area contributed by atoms with Gasteiger partial charge in [-0.1, -0.05) is 0 Å². The minimum absolute atomic E-state index is 0.433. The second kappa shape index (κ2) is 4.16. The summed E-state index contributed by atoms with van der Waals surface area (Å²) < 4.78 is 4.94. The molecule has 0 aliphatic heterocycles. The summed E-state index contributed by atoms with van der Waals surface area (Å²) in [5.74, 6) is 0. The molecule has 0 unspecified atom stereocenters. The Kier molecular flexibility index (Phi) is 3.14. The van der Waals surface area contributed by atoms with E-state index in [-0.39, 0.29) is 0 Å². The first-order valence-electron chi connectivity index (χ1n) is 4.58. The molecule has 1 rings (SSSR count). The maximum absolute atomic E-state index is 10.6. The van der Waals surface area contributed by atoms with E-state index in [0.29, 0.717) is 17.8 Å². The van der Waals surface area contributed by atoms with E-state index in [9.17, 15) is 4.79 Å². The topological polar surface area (TPSA) is 91.2 Å². The van der Waals surface area contributed by atoms with Crippen molar-refractivity contribution in [2.24, 2.45) is 5.73 Å². The van der Waals surface area contributed by atoms with Crippen LogP contribution in [0.2, 0.25) is 0 Å². The molecule has 0 saturated carbocycles. The summed E-state index contributed by atoms with van der Waals surface area (Å²) >= 11 is 0. The summed E-state index contributed by atoms with van der Waals surface area (Å²) in [4.78, 5) is 14.8. The molecule has 1 heterocycles. The van der Waals surface area contributed by atoms with Gasteiger partial charge in [-0.3, -0.25) is 4.98 Å². The number of hydrogen-bond donors (Lipinski definition) is 2. The number of hydrogen-bond acceptors (Lipinski definition) is 4. The average Bonchev–Trinajstić information content (AvgIpc) is 2.06. The van der Waals surface area contributed by atoms with Crippen LogP contribution >= 0.6 is 0 Å². The van der Waals surface area contributed by atoms with Gasteiger partial charge in [0.05, 0.1) is 11.4 Å². The van der Waals surface area contributed by atoms with Crippen LogP contribution in [0.1, 0.15) is 19.5 Å². The monoisotopic (exact) mass is 209 g/mol. The van der Waals surface area contributed by atoms with Crippen molar-refractivity contribution in [2.75, 3.05) is 5.73 Å². The molecule has 0 saturated heterocycles. The molecule has 5 nitrogen and oxygen atoms in total. The van der Waals surface area contributed by atoms with Crippen LogP contribution in [0.25, 0.3) is 0 Å². The normalized spacial score (nSPS) is 11.1. The van der Waals surface area contributed by atoms with E-state index >= 15 is 0 Å². The number of nitrogen functional groups attached to an aromatic ring is 1. The van der Waals surface area contributed by atoms with Crippen molar-refractivity contribution >= 4 is 11.8 Å². The number of rotatable bonds is 3. The van der Waals surface area contributed by atoms with Crippen molar-refractivity contribution in [3.63, 3.8) is 0 Å². The van der Waals surface area contributed by atoms with Crippen molar-refractivity contribution in [3.05, 3.63) is 24.0 Å². The highest BCUT2D eigenvalue weighted by molar-refractivity contribution is 5.65. The molecule has 0 bridgehead atoms. The molecule has 0 aliphatic carbocycles. The van der Waals surface area contributed by atoms with E-state index in [1.807, 2.05) is 0 Å². The molecule has 0 aromatic carbocycles. The van der Waals surface area contributed by atoms with Gasteiger partial charge in [0.2, 0.25) is 0 Å². The predicted molar refractivity (Wildman–Crippen MR) is 57.1 cm³/mol. The zero-order valence-corrected chi connectivity index (χ0v) is 8.86. The van der Waals surface area contributed by atoms with E-state index < -0.39 is 11.7 Å². The largest absolute Gasteiger partial charge is 0.443 e. The van der Waals surface area contributed by atoms with Crippen molar-refractivity contribution in [1.29, 1.82) is 0 Å². The number of anilines is 1. The maximum Gasteiger partial charge on any atom is 0.405 e. The van der Waals surface area contributed by atoms with Crippen molar-refractivity contribution in [2.45, 2.75) is 25.9 Å². The Labute approximate surface area is 88.4 Å². The number of nitrogens with two attached hydrogens (primary N) is 2. The number of aromatic nitrogens is 1. The number of amides is 1. The molecule has 4 N–H and O–H groups in total. The van der Waals surface area contributed by atoms with Crippen LogP contribution in [0.4, 0.5) is 10.5 Å². The Hall–Kier alpha value is -1.78. The van der Waals surface area contributed by atoms with Gasteiger partial charge in [0.15, 0.2) is 0 Å². The van der Waals surface area contributed by atoms with Gasteiger partial charge in [0.25, 0.3) is 0 Å². The Morgan fingerprint density at radius 3 is 2.80 bits per heavy atom. The summed E-state index contributed by atoms with van der Waals surface area (Å²) in [7, 11) is 0. The molecule has 0 atom stereocenters. The van der Waals surface area contributed by atoms with E-state index in [1.165, 1.54) is 0 Å². The zero-order valence-electron chi connectivity index (χ0n) is 8.86. The second-order valence-corrected chi connectivity index (χ2v) is 3.90. The lowest BCUT2D eigenvalue weighted by atomic mass is 10.0. The molecular weight excluding hydrogens is 194 g/mol. The van der Waals surface area contributed by atoms with Crippen molar-refractivity contribution in [1.82, 2.24) is 4.98 Å². The van der Waals surface area contributed by atoms with Gasteiger partial charge in [-0.25, -0.2) is 4.79 Å². The Balaban J connectivity index is 2.77. The standard InChI is InChI=1S/C10H15N3O2/c1-10(2,15-9(12)14)6-8-7(11)4-3-5-13-8/h3-5H,6,11H2,1-2H3,(H2,12,14). The lowest BCUT2D eigenvalue weighted by Gasteiger charge is -2.23. The number of carbonyl (C=O) groups excluding carboxylic acids is 1. The molecule has 5 heteroatoms. The Morgan fingerprint density at radius 1 is 1.60 bits per heavy atom. The van der Waals surface area contributed by atoms with Crippen molar-refractivity contribution in [3.8, 4) is 0 Å². The van der Waals surface area contributed by atoms with Crippen LogP contribution in [0.15, 0.2) is 18.3 Å². The quantitative estimate of drug-likeness (QED) is 0.779. The first kappa shape index (κ1) is 11.3. The summed E-state index contributed by atoms with van der Waals surface area (Å²) in [5, 5.41) is 0. The third kappa shape index (κ3) is 3.46. The minimum atomic E-state index is -0.797. The van der Waals surface area contributed by atoms with Crippen molar-refractivity contribution < 1.29 is 9.53 Å². The molecule has 0 spiro atoms. The van der Waals surface area contributed by atoms with Crippen LogP contribution in [-0.4, -0.2) is 16.7 Å². The fourth-order valence-corrected chi connectivity index (χ4v) is 1.31. The average molecular weight is 209 g/mol. The van der Waals surface area contributed by atoms with Gasteiger partial charge in [-0.15, -0.1) is 0 Å². The van der Waals surface area contributed by atoms with Gasteiger partial charge in [0, 0.05) is 12.6 Å². The van der Waals surface area contributed by atoms with E-state index in [0.717, 1.165) is 0 Å². The fourth-order valence-electron chi connectivity index (χ4n) is 1.31. The Morgan fingerprint density at radius 2 is 2.27 bits per heavy atom. The molecule has 82 valence electrons. The second-order valence-electron chi connectivity index (χ2n) is 3.90. The molecule has 0 aliphatic rings. The molecule has 15 heavy (non-hydrogen) atoms. The van der Waals surface area contributed by atoms with Crippen LogP contribution in [0.5, 0.6) is 0 Å². The number of ether oxygens (including phenoxy) is 1. The van der Waals surface area contributed by atoms with Crippen LogP contribution in [0.3, 0.4) is 0 Å². The fraction of sp³-hybridized carbons (Fsp3) is 0.400. The SMILES string of the molecule is CC(C)(Cc1ncccc1N)OC(N)=O. The summed E-state index contributed by atoms with van der Waals surface area (Å²) in [6.45, 7) is 3.51. The molecule has 1 amide bonds.